The molecule has 1 saturated heterocycles. The van der Waals surface area contributed by atoms with Gasteiger partial charge in [-0.15, -0.1) is 0 Å². The smallest absolute Gasteiger partial charge is 0.227 e. The maximum absolute atomic E-state index is 11.7. The van der Waals surface area contributed by atoms with Crippen molar-refractivity contribution in [1.82, 2.24) is 4.90 Å². The molecule has 1 aliphatic heterocycles. The third-order valence-corrected chi connectivity index (χ3v) is 4.37. The molecule has 7 nitrogen and oxygen atoms in total. The van der Waals surface area contributed by atoms with Crippen molar-refractivity contribution in [2.24, 2.45) is 0 Å². The number of anilines is 1. The number of methoxy groups -OCH3 is 1. The van der Waals surface area contributed by atoms with E-state index in [4.69, 9.17) is 14.3 Å². The highest BCUT2D eigenvalue weighted by Gasteiger charge is 2.22. The summed E-state index contributed by atoms with van der Waals surface area (Å²) in [7, 11) is 1.66. The average Bonchev–Trinajstić information content (AvgIpc) is 2.65. The van der Waals surface area contributed by atoms with E-state index in [-0.39, 0.29) is 23.9 Å². The lowest BCUT2D eigenvalue weighted by Crippen LogP contribution is -2.46. The van der Waals surface area contributed by atoms with Gasteiger partial charge in [-0.1, -0.05) is 12.1 Å². The van der Waals surface area contributed by atoms with Crippen LogP contribution in [0.5, 0.6) is 11.5 Å². The standard InChI is InChI=1S/C18H22N2O5/c1-24-16-5-3-2-4-14(16)20-8-6-19(7-9-20)11-17-18(23)15(22)10-13(12-21)25-17/h2-5,10,21,23H,6-9,11-12H2,1H3. The minimum Gasteiger partial charge on any atom is -0.502 e. The molecule has 0 unspecified atom stereocenters. The number of piperazine rings is 1. The summed E-state index contributed by atoms with van der Waals surface area (Å²) in [4.78, 5) is 16.1. The van der Waals surface area contributed by atoms with Crippen LogP contribution in [0.15, 0.2) is 39.5 Å². The van der Waals surface area contributed by atoms with Crippen LogP contribution in [0.1, 0.15) is 11.5 Å². The van der Waals surface area contributed by atoms with E-state index in [1.165, 1.54) is 0 Å². The molecule has 2 heterocycles. The molecule has 134 valence electrons. The van der Waals surface area contributed by atoms with E-state index in [1.54, 1.807) is 7.11 Å². The molecular formula is C18H22N2O5. The number of hydrogen-bond donors (Lipinski definition) is 2. The fourth-order valence-electron chi connectivity index (χ4n) is 3.01. The van der Waals surface area contributed by atoms with Gasteiger partial charge in [0.1, 0.15) is 18.1 Å². The van der Waals surface area contributed by atoms with Gasteiger partial charge < -0.3 is 24.3 Å². The molecule has 2 N–H and O–H groups in total. The van der Waals surface area contributed by atoms with Gasteiger partial charge in [0.05, 0.1) is 19.3 Å². The Morgan fingerprint density at radius 1 is 1.20 bits per heavy atom. The summed E-state index contributed by atoms with van der Waals surface area (Å²) in [5.74, 6) is 0.812. The van der Waals surface area contributed by atoms with E-state index in [2.05, 4.69) is 9.80 Å². The zero-order valence-corrected chi connectivity index (χ0v) is 14.1. The van der Waals surface area contributed by atoms with E-state index in [0.717, 1.165) is 43.7 Å². The maximum atomic E-state index is 11.7. The molecule has 25 heavy (non-hydrogen) atoms. The Hall–Kier alpha value is -2.51. The lowest BCUT2D eigenvalue weighted by molar-refractivity contribution is 0.200. The molecule has 0 aliphatic carbocycles. The minimum atomic E-state index is -0.530. The van der Waals surface area contributed by atoms with E-state index in [9.17, 15) is 9.90 Å². The molecule has 0 bridgehead atoms. The highest BCUT2D eigenvalue weighted by molar-refractivity contribution is 5.58. The van der Waals surface area contributed by atoms with Gasteiger partial charge in [-0.2, -0.15) is 0 Å². The van der Waals surface area contributed by atoms with Crippen LogP contribution in [0, 0.1) is 0 Å². The quantitative estimate of drug-likeness (QED) is 0.840. The number of aliphatic hydroxyl groups excluding tert-OH is 1. The van der Waals surface area contributed by atoms with Gasteiger partial charge in [-0.25, -0.2) is 0 Å². The van der Waals surface area contributed by atoms with E-state index in [0.29, 0.717) is 6.54 Å². The first-order valence-corrected chi connectivity index (χ1v) is 8.18. The number of aliphatic hydroxyl groups is 1. The first-order valence-electron chi connectivity index (χ1n) is 8.18. The van der Waals surface area contributed by atoms with Gasteiger partial charge in [-0.3, -0.25) is 9.69 Å². The van der Waals surface area contributed by atoms with Gasteiger partial charge in [-0.05, 0) is 12.1 Å². The molecule has 0 spiro atoms. The highest BCUT2D eigenvalue weighted by Crippen LogP contribution is 2.28. The zero-order chi connectivity index (χ0) is 17.8. The second kappa shape index (κ2) is 7.58. The van der Waals surface area contributed by atoms with Gasteiger partial charge in [0.25, 0.3) is 0 Å². The van der Waals surface area contributed by atoms with Crippen molar-refractivity contribution < 1.29 is 19.4 Å². The van der Waals surface area contributed by atoms with Crippen molar-refractivity contribution in [2.75, 3.05) is 38.2 Å². The predicted molar refractivity (Wildman–Crippen MR) is 93.0 cm³/mol. The number of hydrogen-bond acceptors (Lipinski definition) is 7. The van der Waals surface area contributed by atoms with Crippen LogP contribution in [0.4, 0.5) is 5.69 Å². The Labute approximate surface area is 145 Å². The number of ether oxygens (including phenoxy) is 1. The lowest BCUT2D eigenvalue weighted by atomic mass is 10.2. The molecule has 1 aliphatic rings. The second-order valence-electron chi connectivity index (χ2n) is 5.94. The Bertz CT molecular complexity index is 781. The summed E-state index contributed by atoms with van der Waals surface area (Å²) in [6.07, 6.45) is 0. The van der Waals surface area contributed by atoms with Crippen LogP contribution in [0.3, 0.4) is 0 Å². The van der Waals surface area contributed by atoms with Crippen molar-refractivity contribution in [3.63, 3.8) is 0 Å². The van der Waals surface area contributed by atoms with Crippen molar-refractivity contribution in [3.05, 3.63) is 52.1 Å². The summed E-state index contributed by atoms with van der Waals surface area (Å²) >= 11 is 0. The third kappa shape index (κ3) is 3.78. The monoisotopic (exact) mass is 346 g/mol. The van der Waals surface area contributed by atoms with Crippen molar-refractivity contribution in [1.29, 1.82) is 0 Å². The molecule has 2 aromatic rings. The Kier molecular flexibility index (Phi) is 5.25. The average molecular weight is 346 g/mol. The molecule has 1 fully saturated rings. The molecule has 1 aromatic heterocycles. The van der Waals surface area contributed by atoms with Crippen LogP contribution in [0.2, 0.25) is 0 Å². The molecule has 0 radical (unpaired) electrons. The van der Waals surface area contributed by atoms with E-state index < -0.39 is 5.43 Å². The summed E-state index contributed by atoms with van der Waals surface area (Å²) in [6, 6.07) is 9.01. The predicted octanol–water partition coefficient (Wildman–Crippen LogP) is 1.17. The Morgan fingerprint density at radius 2 is 1.92 bits per heavy atom. The highest BCUT2D eigenvalue weighted by atomic mass is 16.5. The van der Waals surface area contributed by atoms with Crippen molar-refractivity contribution in [2.45, 2.75) is 13.2 Å². The summed E-state index contributed by atoms with van der Waals surface area (Å²) in [6.45, 7) is 3.06. The van der Waals surface area contributed by atoms with Crippen LogP contribution in [0.25, 0.3) is 0 Å². The van der Waals surface area contributed by atoms with Crippen molar-refractivity contribution in [3.8, 4) is 11.5 Å². The largest absolute Gasteiger partial charge is 0.502 e. The van der Waals surface area contributed by atoms with Gasteiger partial charge >= 0.3 is 0 Å². The maximum Gasteiger partial charge on any atom is 0.227 e. The van der Waals surface area contributed by atoms with E-state index >= 15 is 0 Å². The minimum absolute atomic E-state index is 0.158. The van der Waals surface area contributed by atoms with Crippen LogP contribution in [-0.2, 0) is 13.2 Å². The summed E-state index contributed by atoms with van der Waals surface area (Å²) < 4.78 is 10.8. The molecular weight excluding hydrogens is 324 g/mol. The normalized spacial score (nSPS) is 15.4. The fourth-order valence-corrected chi connectivity index (χ4v) is 3.01. The third-order valence-electron chi connectivity index (χ3n) is 4.37. The number of rotatable bonds is 5. The number of aromatic hydroxyl groups is 1. The topological polar surface area (TPSA) is 86.4 Å². The second-order valence-corrected chi connectivity index (χ2v) is 5.94. The molecule has 7 heteroatoms. The van der Waals surface area contributed by atoms with Crippen molar-refractivity contribution >= 4 is 5.69 Å². The lowest BCUT2D eigenvalue weighted by Gasteiger charge is -2.36. The Balaban J connectivity index is 1.67. The number of para-hydroxylation sites is 2. The molecule has 3 rings (SSSR count). The van der Waals surface area contributed by atoms with Gasteiger partial charge in [0.15, 0.2) is 5.76 Å². The summed E-state index contributed by atoms with van der Waals surface area (Å²) in [5, 5.41) is 19.1. The SMILES string of the molecule is COc1ccccc1N1CCN(Cc2oc(CO)cc(=O)c2O)CC1. The van der Waals surface area contributed by atoms with Gasteiger partial charge in [0, 0.05) is 32.2 Å². The van der Waals surface area contributed by atoms with Gasteiger partial charge in [0.2, 0.25) is 11.2 Å². The van der Waals surface area contributed by atoms with E-state index in [1.807, 2.05) is 24.3 Å². The molecule has 0 atom stereocenters. The Morgan fingerprint density at radius 3 is 2.60 bits per heavy atom. The zero-order valence-electron chi connectivity index (χ0n) is 14.1. The van der Waals surface area contributed by atoms with Crippen LogP contribution >= 0.6 is 0 Å². The molecule has 0 amide bonds. The number of benzene rings is 1. The molecule has 1 aromatic carbocycles. The first-order chi connectivity index (χ1) is 12.1. The first kappa shape index (κ1) is 17.3. The fraction of sp³-hybridized carbons (Fsp3) is 0.389. The molecule has 0 saturated carbocycles. The van der Waals surface area contributed by atoms with Crippen LogP contribution < -0.4 is 15.1 Å². The number of nitrogens with zero attached hydrogens (tertiary/aromatic N) is 2. The summed E-state index contributed by atoms with van der Waals surface area (Å²) in [5.41, 5.74) is 0.527. The van der Waals surface area contributed by atoms with Crippen LogP contribution in [-0.4, -0.2) is 48.4 Å².